The van der Waals surface area contributed by atoms with Gasteiger partial charge in [-0.2, -0.15) is 0 Å². The van der Waals surface area contributed by atoms with Crippen molar-refractivity contribution in [3.05, 3.63) is 93.7 Å². The van der Waals surface area contributed by atoms with E-state index in [4.69, 9.17) is 27.9 Å². The zero-order valence-corrected chi connectivity index (χ0v) is 20.2. The molecule has 0 spiro atoms. The van der Waals surface area contributed by atoms with Gasteiger partial charge in [-0.15, -0.1) is 0 Å². The molecule has 0 atom stereocenters. The molecule has 0 aliphatic heterocycles. The Morgan fingerprint density at radius 3 is 2.24 bits per heavy atom. The molecule has 0 aliphatic rings. The Hall–Kier alpha value is -2.80. The molecule has 0 bridgehead atoms. The van der Waals surface area contributed by atoms with Crippen LogP contribution >= 0.6 is 23.2 Å². The number of hydrogen-bond donors (Lipinski definition) is 0. The van der Waals surface area contributed by atoms with E-state index in [1.54, 1.807) is 30.2 Å². The first-order valence-electron chi connectivity index (χ1n) is 10.5. The molecule has 33 heavy (non-hydrogen) atoms. The molecule has 1 heterocycles. The van der Waals surface area contributed by atoms with Gasteiger partial charge in [-0.3, -0.25) is 9.59 Å². The van der Waals surface area contributed by atoms with Crippen LogP contribution in [0.1, 0.15) is 21.6 Å². The van der Waals surface area contributed by atoms with E-state index in [2.05, 4.69) is 0 Å². The van der Waals surface area contributed by atoms with Crippen LogP contribution in [0.4, 0.5) is 0 Å². The number of hydrogen-bond acceptors (Lipinski definition) is 3. The zero-order chi connectivity index (χ0) is 23.8. The first-order chi connectivity index (χ1) is 15.9. The fourth-order valence-electron chi connectivity index (χ4n) is 3.47. The molecule has 0 saturated heterocycles. The number of nitrogens with zero attached hydrogens (tertiary/aromatic N) is 3. The maximum atomic E-state index is 13.5. The molecule has 0 saturated carbocycles. The van der Waals surface area contributed by atoms with Crippen LogP contribution in [0.3, 0.4) is 0 Å². The van der Waals surface area contributed by atoms with Crippen molar-refractivity contribution in [1.29, 1.82) is 0 Å². The first kappa shape index (κ1) is 24.8. The topological polar surface area (TPSA) is 54.8 Å². The van der Waals surface area contributed by atoms with E-state index in [1.807, 2.05) is 60.3 Å². The summed E-state index contributed by atoms with van der Waals surface area (Å²) >= 11 is 12.2. The van der Waals surface area contributed by atoms with Gasteiger partial charge in [0.2, 0.25) is 5.91 Å². The number of carbonyl (C=O) groups excluding carboxylic acids is 2. The molecule has 0 unspecified atom stereocenters. The number of methoxy groups -OCH3 is 1. The molecular weight excluding hydrogens is 461 g/mol. The van der Waals surface area contributed by atoms with Gasteiger partial charge in [0.15, 0.2) is 0 Å². The van der Waals surface area contributed by atoms with Crippen molar-refractivity contribution in [2.24, 2.45) is 7.05 Å². The Morgan fingerprint density at radius 2 is 1.64 bits per heavy atom. The van der Waals surface area contributed by atoms with Gasteiger partial charge in [0, 0.05) is 54.7 Å². The molecule has 1 aromatic heterocycles. The molecule has 174 valence electrons. The molecule has 3 aromatic rings. The average Bonchev–Trinajstić information content (AvgIpc) is 3.20. The van der Waals surface area contributed by atoms with E-state index < -0.39 is 0 Å². The number of aromatic nitrogens is 1. The summed E-state index contributed by atoms with van der Waals surface area (Å²) in [5, 5.41) is 0.719. The smallest absolute Gasteiger partial charge is 0.254 e. The Labute approximate surface area is 204 Å². The molecule has 2 aromatic carbocycles. The van der Waals surface area contributed by atoms with Crippen LogP contribution in [0, 0.1) is 0 Å². The lowest BCUT2D eigenvalue weighted by Crippen LogP contribution is -2.44. The maximum absolute atomic E-state index is 13.5. The number of ether oxygens (including phenoxy) is 1. The summed E-state index contributed by atoms with van der Waals surface area (Å²) in [7, 11) is 3.50. The predicted octanol–water partition coefficient (Wildman–Crippen LogP) is 4.65. The van der Waals surface area contributed by atoms with E-state index in [-0.39, 0.29) is 24.9 Å². The summed E-state index contributed by atoms with van der Waals surface area (Å²) in [6.07, 6.45) is 1.94. The third-order valence-corrected chi connectivity index (χ3v) is 5.70. The van der Waals surface area contributed by atoms with Crippen LogP contribution in [-0.2, 0) is 29.7 Å². The van der Waals surface area contributed by atoms with Crippen LogP contribution in [0.5, 0.6) is 0 Å². The van der Waals surface area contributed by atoms with Gasteiger partial charge in [-0.1, -0.05) is 53.5 Å². The standard InChI is InChI=1S/C25H27Cl2N3O3/c1-28-10-6-9-23(28)17-30(16-19-7-4-3-5-8-19)24(31)18-29(11-12-33-2)25(32)20-13-21(26)15-22(27)14-20/h3-10,13-15H,11-12,16-18H2,1-2H3. The van der Waals surface area contributed by atoms with Gasteiger partial charge in [0.05, 0.1) is 13.2 Å². The second-order valence-electron chi connectivity index (χ2n) is 7.72. The Balaban J connectivity index is 1.83. The lowest BCUT2D eigenvalue weighted by Gasteiger charge is -2.28. The van der Waals surface area contributed by atoms with Crippen molar-refractivity contribution < 1.29 is 14.3 Å². The maximum Gasteiger partial charge on any atom is 0.254 e. The molecule has 6 nitrogen and oxygen atoms in total. The number of carbonyl (C=O) groups is 2. The molecule has 8 heteroatoms. The summed E-state index contributed by atoms with van der Waals surface area (Å²) in [5.74, 6) is -0.499. The van der Waals surface area contributed by atoms with Crippen molar-refractivity contribution in [1.82, 2.24) is 14.4 Å². The summed E-state index contributed by atoms with van der Waals surface area (Å²) < 4.78 is 7.15. The molecule has 0 radical (unpaired) electrons. The lowest BCUT2D eigenvalue weighted by molar-refractivity contribution is -0.133. The second-order valence-corrected chi connectivity index (χ2v) is 8.60. The van der Waals surface area contributed by atoms with Gasteiger partial charge in [-0.25, -0.2) is 0 Å². The minimum absolute atomic E-state index is 0.0937. The highest BCUT2D eigenvalue weighted by Gasteiger charge is 2.23. The van der Waals surface area contributed by atoms with Crippen molar-refractivity contribution in [2.45, 2.75) is 13.1 Å². The number of rotatable bonds is 10. The van der Waals surface area contributed by atoms with E-state index in [0.29, 0.717) is 35.3 Å². The summed E-state index contributed by atoms with van der Waals surface area (Å²) in [6, 6.07) is 18.4. The summed E-state index contributed by atoms with van der Waals surface area (Å²) in [6.45, 7) is 1.31. The molecule has 0 aliphatic carbocycles. The monoisotopic (exact) mass is 487 g/mol. The van der Waals surface area contributed by atoms with Crippen LogP contribution in [0.15, 0.2) is 66.9 Å². The van der Waals surface area contributed by atoms with Gasteiger partial charge in [-0.05, 0) is 35.9 Å². The third kappa shape index (κ3) is 7.09. The number of halogens is 2. The van der Waals surface area contributed by atoms with Gasteiger partial charge < -0.3 is 19.1 Å². The molecular formula is C25H27Cl2N3O3. The molecule has 0 N–H and O–H groups in total. The zero-order valence-electron chi connectivity index (χ0n) is 18.7. The minimum atomic E-state index is -0.330. The van der Waals surface area contributed by atoms with E-state index in [9.17, 15) is 9.59 Å². The van der Waals surface area contributed by atoms with Crippen molar-refractivity contribution >= 4 is 35.0 Å². The molecule has 3 rings (SSSR count). The van der Waals surface area contributed by atoms with Crippen molar-refractivity contribution in [2.75, 3.05) is 26.8 Å². The van der Waals surface area contributed by atoms with Crippen molar-refractivity contribution in [3.8, 4) is 0 Å². The Morgan fingerprint density at radius 1 is 0.939 bits per heavy atom. The normalized spacial score (nSPS) is 10.8. The van der Waals surface area contributed by atoms with E-state index in [1.165, 1.54) is 4.90 Å². The quantitative estimate of drug-likeness (QED) is 0.418. The van der Waals surface area contributed by atoms with E-state index in [0.717, 1.165) is 11.3 Å². The van der Waals surface area contributed by atoms with Gasteiger partial charge >= 0.3 is 0 Å². The summed E-state index contributed by atoms with van der Waals surface area (Å²) in [4.78, 5) is 29.9. The largest absolute Gasteiger partial charge is 0.383 e. The number of benzene rings is 2. The van der Waals surface area contributed by atoms with Crippen LogP contribution in [0.25, 0.3) is 0 Å². The molecule has 2 amide bonds. The highest BCUT2D eigenvalue weighted by molar-refractivity contribution is 6.35. The van der Waals surface area contributed by atoms with Gasteiger partial charge in [0.25, 0.3) is 5.91 Å². The van der Waals surface area contributed by atoms with Crippen LogP contribution in [0.2, 0.25) is 10.0 Å². The van der Waals surface area contributed by atoms with Gasteiger partial charge in [0.1, 0.15) is 6.54 Å². The lowest BCUT2D eigenvalue weighted by atomic mass is 10.2. The van der Waals surface area contributed by atoms with Crippen LogP contribution in [-0.4, -0.2) is 53.0 Å². The fraction of sp³-hybridized carbons (Fsp3) is 0.280. The van der Waals surface area contributed by atoms with Crippen molar-refractivity contribution in [3.63, 3.8) is 0 Å². The second kappa shape index (κ2) is 11.9. The highest BCUT2D eigenvalue weighted by Crippen LogP contribution is 2.20. The Kier molecular flexibility index (Phi) is 8.95. The number of aryl methyl sites for hydroxylation is 1. The van der Waals surface area contributed by atoms with Crippen LogP contribution < -0.4 is 0 Å². The SMILES string of the molecule is COCCN(CC(=O)N(Cc1ccccc1)Cc1cccn1C)C(=O)c1cc(Cl)cc(Cl)c1. The molecule has 0 fully saturated rings. The summed E-state index contributed by atoms with van der Waals surface area (Å²) in [5.41, 5.74) is 2.33. The fourth-order valence-corrected chi connectivity index (χ4v) is 4.00. The highest BCUT2D eigenvalue weighted by atomic mass is 35.5. The first-order valence-corrected chi connectivity index (χ1v) is 11.3. The number of amides is 2. The minimum Gasteiger partial charge on any atom is -0.383 e. The third-order valence-electron chi connectivity index (χ3n) is 5.26. The van der Waals surface area contributed by atoms with E-state index >= 15 is 0 Å². The predicted molar refractivity (Wildman–Crippen MR) is 130 cm³/mol. The average molecular weight is 488 g/mol. The Bertz CT molecular complexity index is 1070.